The number of hydrogen-bond donors (Lipinski definition) is 0. The Morgan fingerprint density at radius 1 is 1.05 bits per heavy atom. The second kappa shape index (κ2) is 6.19. The smallest absolute Gasteiger partial charge is 0.166 e. The number of Topliss-reactive ketones (excluding diaryl/α,β-unsaturated/α-hetero) is 1. The first-order valence-corrected chi connectivity index (χ1v) is 6.52. The Kier molecular flexibility index (Phi) is 4.35. The minimum atomic E-state index is 0.111. The van der Waals surface area contributed by atoms with Gasteiger partial charge in [0.2, 0.25) is 0 Å². The molecule has 0 aliphatic rings. The first kappa shape index (κ1) is 13.3. The molecular formula is C17H18O2. The van der Waals surface area contributed by atoms with Crippen molar-refractivity contribution in [1.82, 2.24) is 0 Å². The summed E-state index contributed by atoms with van der Waals surface area (Å²) >= 11 is 0. The Balaban J connectivity index is 2.16. The summed E-state index contributed by atoms with van der Waals surface area (Å²) in [6.45, 7) is 4.41. The molecule has 0 spiro atoms. The zero-order valence-electron chi connectivity index (χ0n) is 11.3. The Morgan fingerprint density at radius 2 is 1.74 bits per heavy atom. The van der Waals surface area contributed by atoms with Crippen LogP contribution in [0, 0.1) is 6.92 Å². The lowest BCUT2D eigenvalue weighted by atomic mass is 10.1. The topological polar surface area (TPSA) is 26.3 Å². The number of carbonyl (C=O) groups is 1. The molecule has 0 aliphatic carbocycles. The molecule has 2 aromatic rings. The third kappa shape index (κ3) is 3.22. The fourth-order valence-corrected chi connectivity index (χ4v) is 1.94. The maximum Gasteiger partial charge on any atom is 0.166 e. The van der Waals surface area contributed by atoms with Gasteiger partial charge in [-0.25, -0.2) is 0 Å². The van der Waals surface area contributed by atoms with Gasteiger partial charge in [0, 0.05) is 6.42 Å². The van der Waals surface area contributed by atoms with E-state index in [9.17, 15) is 4.79 Å². The van der Waals surface area contributed by atoms with Crippen molar-refractivity contribution >= 4 is 5.78 Å². The average molecular weight is 254 g/mol. The van der Waals surface area contributed by atoms with Crippen molar-refractivity contribution in [3.63, 3.8) is 0 Å². The van der Waals surface area contributed by atoms with Crippen LogP contribution in [0.5, 0.6) is 5.75 Å². The van der Waals surface area contributed by atoms with Crippen molar-refractivity contribution in [1.29, 1.82) is 0 Å². The summed E-state index contributed by atoms with van der Waals surface area (Å²) < 4.78 is 5.81. The van der Waals surface area contributed by atoms with Crippen molar-refractivity contribution in [2.45, 2.75) is 26.9 Å². The molecule has 0 radical (unpaired) electrons. The van der Waals surface area contributed by atoms with Gasteiger partial charge in [-0.15, -0.1) is 0 Å². The molecule has 0 amide bonds. The molecule has 0 fully saturated rings. The lowest BCUT2D eigenvalue weighted by molar-refractivity contribution is 0.0983. The van der Waals surface area contributed by atoms with Crippen molar-refractivity contribution < 1.29 is 9.53 Å². The fourth-order valence-electron chi connectivity index (χ4n) is 1.94. The van der Waals surface area contributed by atoms with Gasteiger partial charge in [0.1, 0.15) is 12.4 Å². The Labute approximate surface area is 114 Å². The zero-order valence-corrected chi connectivity index (χ0v) is 11.3. The van der Waals surface area contributed by atoms with Gasteiger partial charge >= 0.3 is 0 Å². The normalized spacial score (nSPS) is 10.2. The summed E-state index contributed by atoms with van der Waals surface area (Å²) in [5.74, 6) is 0.776. The van der Waals surface area contributed by atoms with E-state index in [0.29, 0.717) is 24.3 Å². The van der Waals surface area contributed by atoms with E-state index in [1.54, 1.807) is 0 Å². The van der Waals surface area contributed by atoms with Gasteiger partial charge in [0.15, 0.2) is 5.78 Å². The largest absolute Gasteiger partial charge is 0.488 e. The van der Waals surface area contributed by atoms with Gasteiger partial charge in [-0.05, 0) is 30.2 Å². The lowest BCUT2D eigenvalue weighted by Gasteiger charge is -2.11. The van der Waals surface area contributed by atoms with Crippen LogP contribution in [0.1, 0.15) is 34.8 Å². The second-order valence-corrected chi connectivity index (χ2v) is 4.49. The molecule has 0 aromatic heterocycles. The van der Waals surface area contributed by atoms with Crippen LogP contribution >= 0.6 is 0 Å². The summed E-state index contributed by atoms with van der Waals surface area (Å²) in [6.07, 6.45) is 0.491. The molecule has 0 bridgehead atoms. The van der Waals surface area contributed by atoms with Crippen LogP contribution in [0.25, 0.3) is 0 Å². The highest BCUT2D eigenvalue weighted by molar-refractivity contribution is 5.98. The molecule has 2 heteroatoms. The molecule has 0 atom stereocenters. The third-order valence-electron chi connectivity index (χ3n) is 3.15. The predicted molar refractivity (Wildman–Crippen MR) is 76.6 cm³/mol. The van der Waals surface area contributed by atoms with Gasteiger partial charge in [-0.3, -0.25) is 4.79 Å². The quantitative estimate of drug-likeness (QED) is 0.749. The van der Waals surface area contributed by atoms with Crippen molar-refractivity contribution in [2.75, 3.05) is 0 Å². The highest BCUT2D eigenvalue weighted by Crippen LogP contribution is 2.21. The van der Waals surface area contributed by atoms with E-state index in [2.05, 4.69) is 13.0 Å². The number of ether oxygens (including phenoxy) is 1. The maximum atomic E-state index is 11.8. The summed E-state index contributed by atoms with van der Waals surface area (Å²) in [7, 11) is 0. The minimum Gasteiger partial charge on any atom is -0.488 e. The van der Waals surface area contributed by atoms with E-state index in [-0.39, 0.29) is 5.78 Å². The SMILES string of the molecule is CCC(=O)c1ccccc1OCc1ccccc1C. The van der Waals surface area contributed by atoms with Crippen LogP contribution in [-0.2, 0) is 6.61 Å². The van der Waals surface area contributed by atoms with Crippen molar-refractivity contribution in [3.05, 3.63) is 65.2 Å². The van der Waals surface area contributed by atoms with Crippen LogP contribution < -0.4 is 4.74 Å². The molecule has 0 unspecified atom stereocenters. The first-order valence-electron chi connectivity index (χ1n) is 6.52. The summed E-state index contributed by atoms with van der Waals surface area (Å²) in [5, 5.41) is 0. The highest BCUT2D eigenvalue weighted by Gasteiger charge is 2.10. The van der Waals surface area contributed by atoms with E-state index in [1.807, 2.05) is 49.4 Å². The number of benzene rings is 2. The molecule has 0 saturated carbocycles. The Bertz CT molecular complexity index is 573. The maximum absolute atomic E-state index is 11.8. The number of ketones is 1. The zero-order chi connectivity index (χ0) is 13.7. The number of hydrogen-bond acceptors (Lipinski definition) is 2. The molecule has 0 saturated heterocycles. The summed E-state index contributed by atoms with van der Waals surface area (Å²) in [4.78, 5) is 11.8. The van der Waals surface area contributed by atoms with Crippen molar-refractivity contribution in [2.24, 2.45) is 0 Å². The molecule has 0 N–H and O–H groups in total. The Hall–Kier alpha value is -2.09. The monoisotopic (exact) mass is 254 g/mol. The van der Waals surface area contributed by atoms with Gasteiger partial charge < -0.3 is 4.74 Å². The average Bonchev–Trinajstić information content (AvgIpc) is 2.46. The predicted octanol–water partition coefficient (Wildman–Crippen LogP) is 4.17. The molecule has 19 heavy (non-hydrogen) atoms. The van der Waals surface area contributed by atoms with Crippen LogP contribution in [0.15, 0.2) is 48.5 Å². The lowest BCUT2D eigenvalue weighted by Crippen LogP contribution is -2.04. The highest BCUT2D eigenvalue weighted by atomic mass is 16.5. The second-order valence-electron chi connectivity index (χ2n) is 4.49. The van der Waals surface area contributed by atoms with E-state index in [4.69, 9.17) is 4.74 Å². The van der Waals surface area contributed by atoms with E-state index >= 15 is 0 Å². The van der Waals surface area contributed by atoms with Gasteiger partial charge in [0.25, 0.3) is 0 Å². The van der Waals surface area contributed by atoms with Gasteiger partial charge in [-0.1, -0.05) is 43.3 Å². The van der Waals surface area contributed by atoms with E-state index < -0.39 is 0 Å². The van der Waals surface area contributed by atoms with Crippen molar-refractivity contribution in [3.8, 4) is 5.75 Å². The molecule has 2 rings (SSSR count). The number of para-hydroxylation sites is 1. The van der Waals surface area contributed by atoms with Gasteiger partial charge in [0.05, 0.1) is 5.56 Å². The minimum absolute atomic E-state index is 0.111. The van der Waals surface area contributed by atoms with E-state index in [0.717, 1.165) is 5.56 Å². The van der Waals surface area contributed by atoms with Crippen LogP contribution in [0.3, 0.4) is 0 Å². The number of carbonyl (C=O) groups excluding carboxylic acids is 1. The van der Waals surface area contributed by atoms with Crippen LogP contribution in [-0.4, -0.2) is 5.78 Å². The standard InChI is InChI=1S/C17H18O2/c1-3-16(18)15-10-6-7-11-17(15)19-12-14-9-5-4-8-13(14)2/h4-11H,3,12H2,1-2H3. The third-order valence-corrected chi connectivity index (χ3v) is 3.15. The molecule has 2 aromatic carbocycles. The van der Waals surface area contributed by atoms with Crippen LogP contribution in [0.2, 0.25) is 0 Å². The van der Waals surface area contributed by atoms with Crippen LogP contribution in [0.4, 0.5) is 0 Å². The molecule has 0 aliphatic heterocycles. The fraction of sp³-hybridized carbons (Fsp3) is 0.235. The first-order chi connectivity index (χ1) is 9.22. The number of aryl methyl sites for hydroxylation is 1. The summed E-state index contributed by atoms with van der Waals surface area (Å²) in [6, 6.07) is 15.5. The molecular weight excluding hydrogens is 236 g/mol. The van der Waals surface area contributed by atoms with E-state index in [1.165, 1.54) is 5.56 Å². The summed E-state index contributed by atoms with van der Waals surface area (Å²) in [5.41, 5.74) is 3.00. The molecule has 0 heterocycles. The number of rotatable bonds is 5. The Morgan fingerprint density at radius 3 is 2.47 bits per heavy atom. The molecule has 98 valence electrons. The van der Waals surface area contributed by atoms with Gasteiger partial charge in [-0.2, -0.15) is 0 Å². The molecule has 2 nitrogen and oxygen atoms in total.